The number of amides is 2. The summed E-state index contributed by atoms with van der Waals surface area (Å²) in [6.45, 7) is 2.23. The molecule has 0 aliphatic heterocycles. The van der Waals surface area contributed by atoms with Crippen molar-refractivity contribution < 1.29 is 9.59 Å². The van der Waals surface area contributed by atoms with Crippen LogP contribution in [0, 0.1) is 6.92 Å². The maximum absolute atomic E-state index is 13.1. The zero-order valence-electron chi connectivity index (χ0n) is 18.1. The summed E-state index contributed by atoms with van der Waals surface area (Å²) in [7, 11) is 0. The molecule has 33 heavy (non-hydrogen) atoms. The van der Waals surface area contributed by atoms with E-state index in [1.807, 2.05) is 48.7 Å². The van der Waals surface area contributed by atoms with Gasteiger partial charge in [0.15, 0.2) is 5.13 Å². The summed E-state index contributed by atoms with van der Waals surface area (Å²) in [5, 5.41) is 5.27. The van der Waals surface area contributed by atoms with Crippen molar-refractivity contribution in [2.45, 2.75) is 13.5 Å². The first-order chi connectivity index (χ1) is 16.0. The quantitative estimate of drug-likeness (QED) is 0.429. The molecule has 0 fully saturated rings. The van der Waals surface area contributed by atoms with E-state index >= 15 is 0 Å². The molecular formula is C25H23N5O2S. The molecule has 4 rings (SSSR count). The molecule has 0 aliphatic carbocycles. The molecule has 3 N–H and O–H groups in total. The summed E-state index contributed by atoms with van der Waals surface area (Å²) in [4.78, 5) is 35.7. The van der Waals surface area contributed by atoms with Crippen LogP contribution in [0.15, 0.2) is 78.4 Å². The van der Waals surface area contributed by atoms with Crippen molar-refractivity contribution in [1.29, 1.82) is 0 Å². The Morgan fingerprint density at radius 1 is 1.06 bits per heavy atom. The van der Waals surface area contributed by atoms with E-state index in [-0.39, 0.29) is 18.4 Å². The molecule has 0 spiro atoms. The van der Waals surface area contributed by atoms with Crippen molar-refractivity contribution in [3.8, 4) is 11.3 Å². The number of thiazole rings is 1. The van der Waals surface area contributed by atoms with Crippen molar-refractivity contribution in [1.82, 2.24) is 14.9 Å². The number of aromatic nitrogens is 2. The zero-order valence-corrected chi connectivity index (χ0v) is 18.9. The van der Waals surface area contributed by atoms with Gasteiger partial charge in [0.1, 0.15) is 6.54 Å². The van der Waals surface area contributed by atoms with E-state index in [0.717, 1.165) is 22.4 Å². The molecule has 0 radical (unpaired) electrons. The molecule has 2 amide bonds. The lowest BCUT2D eigenvalue weighted by atomic mass is 10.1. The summed E-state index contributed by atoms with van der Waals surface area (Å²) in [6.07, 6.45) is 3.13. The third-order valence-electron chi connectivity index (χ3n) is 4.99. The van der Waals surface area contributed by atoms with Crippen LogP contribution in [0.4, 0.5) is 10.8 Å². The van der Waals surface area contributed by atoms with Crippen LogP contribution < -0.4 is 11.1 Å². The number of anilines is 2. The maximum atomic E-state index is 13.1. The fraction of sp³-hybridized carbons (Fsp3) is 0.120. The number of aryl methyl sites for hydroxylation is 1. The number of rotatable bonds is 7. The van der Waals surface area contributed by atoms with E-state index in [2.05, 4.69) is 15.3 Å². The third kappa shape index (κ3) is 5.81. The second-order valence-corrected chi connectivity index (χ2v) is 8.47. The van der Waals surface area contributed by atoms with Gasteiger partial charge in [-0.3, -0.25) is 14.6 Å². The highest BCUT2D eigenvalue weighted by atomic mass is 32.1. The molecule has 2 aromatic carbocycles. The highest BCUT2D eigenvalue weighted by Crippen LogP contribution is 2.24. The summed E-state index contributed by atoms with van der Waals surface area (Å²) < 4.78 is 0. The monoisotopic (exact) mass is 457 g/mol. The van der Waals surface area contributed by atoms with Gasteiger partial charge in [0, 0.05) is 41.1 Å². The molecule has 166 valence electrons. The van der Waals surface area contributed by atoms with Crippen molar-refractivity contribution in [2.24, 2.45) is 0 Å². The van der Waals surface area contributed by atoms with Crippen molar-refractivity contribution in [3.05, 3.63) is 95.1 Å². The lowest BCUT2D eigenvalue weighted by Crippen LogP contribution is -2.37. The second-order valence-electron chi connectivity index (χ2n) is 7.58. The van der Waals surface area contributed by atoms with Gasteiger partial charge in [-0.2, -0.15) is 0 Å². The topological polar surface area (TPSA) is 101 Å². The lowest BCUT2D eigenvalue weighted by molar-refractivity contribution is -0.117. The average molecular weight is 458 g/mol. The van der Waals surface area contributed by atoms with Crippen molar-refractivity contribution >= 4 is 34.0 Å². The molecule has 2 heterocycles. The van der Waals surface area contributed by atoms with Crippen LogP contribution in [-0.2, 0) is 11.3 Å². The highest BCUT2D eigenvalue weighted by molar-refractivity contribution is 7.13. The van der Waals surface area contributed by atoms with Crippen LogP contribution in [0.2, 0.25) is 0 Å². The highest BCUT2D eigenvalue weighted by Gasteiger charge is 2.19. The molecule has 0 aliphatic rings. The fourth-order valence-electron chi connectivity index (χ4n) is 3.43. The number of nitrogen functional groups attached to an aromatic ring is 1. The molecule has 0 saturated carbocycles. The van der Waals surface area contributed by atoms with Crippen LogP contribution in [0.1, 0.15) is 21.5 Å². The fourth-order valence-corrected chi connectivity index (χ4v) is 4.00. The van der Waals surface area contributed by atoms with Crippen LogP contribution in [0.5, 0.6) is 0 Å². The van der Waals surface area contributed by atoms with Crippen molar-refractivity contribution in [2.75, 3.05) is 17.6 Å². The Labute approximate surface area is 195 Å². The lowest BCUT2D eigenvalue weighted by Gasteiger charge is -2.23. The normalized spacial score (nSPS) is 10.6. The van der Waals surface area contributed by atoms with Gasteiger partial charge in [0.25, 0.3) is 5.91 Å². The standard InChI is InChI=1S/C25H23N5O2S/c1-17-3-2-4-18(13-17)14-30(24(32)20-9-11-27-12-10-20)15-23(31)28-21-7-5-19(6-8-21)22-16-33-25(26)29-22/h2-13,16H,14-15H2,1H3,(H2,26,29)(H,28,31). The molecular weight excluding hydrogens is 434 g/mol. The van der Waals surface area contributed by atoms with E-state index in [0.29, 0.717) is 22.9 Å². The maximum Gasteiger partial charge on any atom is 0.254 e. The van der Waals surface area contributed by atoms with Gasteiger partial charge in [0.2, 0.25) is 5.91 Å². The largest absolute Gasteiger partial charge is 0.375 e. The number of nitrogens with two attached hydrogens (primary N) is 1. The van der Waals surface area contributed by atoms with Gasteiger partial charge >= 0.3 is 0 Å². The minimum atomic E-state index is -0.282. The van der Waals surface area contributed by atoms with Gasteiger partial charge in [-0.15, -0.1) is 11.3 Å². The summed E-state index contributed by atoms with van der Waals surface area (Å²) >= 11 is 1.38. The summed E-state index contributed by atoms with van der Waals surface area (Å²) in [6, 6.07) is 18.5. The minimum Gasteiger partial charge on any atom is -0.375 e. The summed E-state index contributed by atoms with van der Waals surface area (Å²) in [5.41, 5.74) is 10.6. The molecule has 7 nitrogen and oxygen atoms in total. The van der Waals surface area contributed by atoms with Gasteiger partial charge in [-0.25, -0.2) is 4.98 Å². The molecule has 4 aromatic rings. The van der Waals surface area contributed by atoms with E-state index in [4.69, 9.17) is 5.73 Å². The Balaban J connectivity index is 1.47. The molecule has 0 atom stereocenters. The summed E-state index contributed by atoms with van der Waals surface area (Å²) in [5.74, 6) is -0.513. The van der Waals surface area contributed by atoms with E-state index in [1.165, 1.54) is 16.2 Å². The van der Waals surface area contributed by atoms with E-state index in [1.54, 1.807) is 36.7 Å². The van der Waals surface area contributed by atoms with E-state index < -0.39 is 0 Å². The third-order valence-corrected chi connectivity index (χ3v) is 5.67. The Bertz CT molecular complexity index is 1260. The number of hydrogen-bond acceptors (Lipinski definition) is 6. The number of carbonyl (C=O) groups excluding carboxylic acids is 2. The van der Waals surface area contributed by atoms with Crippen LogP contribution >= 0.6 is 11.3 Å². The molecule has 8 heteroatoms. The van der Waals surface area contributed by atoms with Gasteiger partial charge in [0.05, 0.1) is 5.69 Å². The first-order valence-electron chi connectivity index (χ1n) is 10.3. The Morgan fingerprint density at radius 2 is 1.82 bits per heavy atom. The van der Waals surface area contributed by atoms with Crippen molar-refractivity contribution in [3.63, 3.8) is 0 Å². The first kappa shape index (κ1) is 22.2. The molecule has 2 aromatic heterocycles. The van der Waals surface area contributed by atoms with Crippen LogP contribution in [0.3, 0.4) is 0 Å². The number of benzene rings is 2. The smallest absolute Gasteiger partial charge is 0.254 e. The number of nitrogens with zero attached hydrogens (tertiary/aromatic N) is 3. The van der Waals surface area contributed by atoms with Gasteiger partial charge < -0.3 is 16.0 Å². The van der Waals surface area contributed by atoms with Crippen LogP contribution in [-0.4, -0.2) is 33.2 Å². The SMILES string of the molecule is Cc1cccc(CN(CC(=O)Nc2ccc(-c3csc(N)n3)cc2)C(=O)c2ccncc2)c1. The Morgan fingerprint density at radius 3 is 2.48 bits per heavy atom. The predicted octanol–water partition coefficient (Wildman–Crippen LogP) is 4.38. The minimum absolute atomic E-state index is 0.0839. The molecule has 0 unspecified atom stereocenters. The zero-order chi connectivity index (χ0) is 23.2. The Hall–Kier alpha value is -4.04. The Kier molecular flexibility index (Phi) is 6.75. The average Bonchev–Trinajstić information content (AvgIpc) is 3.25. The molecule has 0 bridgehead atoms. The number of pyridine rings is 1. The number of nitrogens with one attached hydrogen (secondary N) is 1. The molecule has 0 saturated heterocycles. The van der Waals surface area contributed by atoms with Gasteiger partial charge in [-0.1, -0.05) is 42.0 Å². The van der Waals surface area contributed by atoms with Crippen LogP contribution in [0.25, 0.3) is 11.3 Å². The number of carbonyl (C=O) groups is 2. The number of hydrogen-bond donors (Lipinski definition) is 2. The first-order valence-corrected chi connectivity index (χ1v) is 11.2. The van der Waals surface area contributed by atoms with E-state index in [9.17, 15) is 9.59 Å². The second kappa shape index (κ2) is 10.1. The van der Waals surface area contributed by atoms with Gasteiger partial charge in [-0.05, 0) is 36.8 Å². The predicted molar refractivity (Wildman–Crippen MR) is 131 cm³/mol.